The SMILES string of the molecule is C=CCOc1c(Cl)cc([C@H]2C(C#N)=C(N)OC3=C2C(=O)CC(C)(C)C3)cc1OCC. The average molecular weight is 429 g/mol. The molecule has 1 aromatic carbocycles. The number of nitrogens with two attached hydrogens (primary N) is 1. The van der Waals surface area contributed by atoms with Gasteiger partial charge in [-0.2, -0.15) is 5.26 Å². The summed E-state index contributed by atoms with van der Waals surface area (Å²) in [4.78, 5) is 13.1. The molecule has 0 unspecified atom stereocenters. The van der Waals surface area contributed by atoms with E-state index in [-0.39, 0.29) is 29.3 Å². The van der Waals surface area contributed by atoms with E-state index in [1.807, 2.05) is 20.8 Å². The molecule has 158 valence electrons. The maximum absolute atomic E-state index is 13.1. The van der Waals surface area contributed by atoms with Crippen molar-refractivity contribution in [2.45, 2.75) is 39.5 Å². The number of rotatable bonds is 6. The topological polar surface area (TPSA) is 94.6 Å². The molecule has 1 aliphatic heterocycles. The van der Waals surface area contributed by atoms with Crippen LogP contribution in [0.5, 0.6) is 11.5 Å². The molecule has 0 spiro atoms. The van der Waals surface area contributed by atoms with Crippen LogP contribution >= 0.6 is 11.6 Å². The van der Waals surface area contributed by atoms with Crippen molar-refractivity contribution < 1.29 is 19.0 Å². The molecular formula is C23H25ClN2O4. The lowest BCUT2D eigenvalue weighted by atomic mass is 9.70. The summed E-state index contributed by atoms with van der Waals surface area (Å²) in [7, 11) is 0. The molecule has 1 aliphatic carbocycles. The monoisotopic (exact) mass is 428 g/mol. The first-order valence-electron chi connectivity index (χ1n) is 9.76. The molecule has 3 rings (SSSR count). The second-order valence-electron chi connectivity index (χ2n) is 8.07. The normalized spacial score (nSPS) is 20.2. The van der Waals surface area contributed by atoms with Crippen molar-refractivity contribution in [1.29, 1.82) is 5.26 Å². The van der Waals surface area contributed by atoms with Crippen LogP contribution in [0.4, 0.5) is 0 Å². The number of hydrogen-bond donors (Lipinski definition) is 1. The lowest BCUT2D eigenvalue weighted by Crippen LogP contribution is -2.33. The van der Waals surface area contributed by atoms with Gasteiger partial charge < -0.3 is 19.9 Å². The Balaban J connectivity index is 2.19. The van der Waals surface area contributed by atoms with Crippen LogP contribution in [0.2, 0.25) is 5.02 Å². The number of hydrogen-bond acceptors (Lipinski definition) is 6. The summed E-state index contributed by atoms with van der Waals surface area (Å²) in [5, 5.41) is 10.1. The van der Waals surface area contributed by atoms with Crippen LogP contribution in [0.15, 0.2) is 47.6 Å². The second-order valence-corrected chi connectivity index (χ2v) is 8.47. The molecule has 1 aromatic rings. The minimum absolute atomic E-state index is 0.00724. The van der Waals surface area contributed by atoms with Crippen molar-refractivity contribution in [3.63, 3.8) is 0 Å². The van der Waals surface area contributed by atoms with E-state index < -0.39 is 5.92 Å². The summed E-state index contributed by atoms with van der Waals surface area (Å²) in [6, 6.07) is 5.53. The third-order valence-corrected chi connectivity index (χ3v) is 5.37. The molecule has 0 bridgehead atoms. The van der Waals surface area contributed by atoms with Gasteiger partial charge in [-0.15, -0.1) is 0 Å². The lowest BCUT2D eigenvalue weighted by Gasteiger charge is -2.37. The average Bonchev–Trinajstić information content (AvgIpc) is 2.65. The van der Waals surface area contributed by atoms with E-state index in [1.54, 1.807) is 18.2 Å². The molecule has 30 heavy (non-hydrogen) atoms. The predicted molar refractivity (Wildman–Crippen MR) is 114 cm³/mol. The van der Waals surface area contributed by atoms with E-state index in [9.17, 15) is 10.1 Å². The number of benzene rings is 1. The highest BCUT2D eigenvalue weighted by atomic mass is 35.5. The van der Waals surface area contributed by atoms with E-state index in [2.05, 4.69) is 12.6 Å². The maximum atomic E-state index is 13.1. The van der Waals surface area contributed by atoms with Crippen molar-refractivity contribution in [2.24, 2.45) is 11.1 Å². The van der Waals surface area contributed by atoms with Gasteiger partial charge >= 0.3 is 0 Å². The molecule has 0 saturated heterocycles. The first kappa shape index (κ1) is 21.8. The second kappa shape index (κ2) is 8.45. The molecule has 0 amide bonds. The van der Waals surface area contributed by atoms with Crippen molar-refractivity contribution in [1.82, 2.24) is 0 Å². The Labute approximate surface area is 181 Å². The van der Waals surface area contributed by atoms with Crippen LogP contribution in [0.1, 0.15) is 45.1 Å². The van der Waals surface area contributed by atoms with Gasteiger partial charge in [0.15, 0.2) is 17.3 Å². The van der Waals surface area contributed by atoms with Crippen molar-refractivity contribution in [3.05, 3.63) is 58.2 Å². The molecule has 2 N–H and O–H groups in total. The van der Waals surface area contributed by atoms with Gasteiger partial charge in [0, 0.05) is 18.4 Å². The van der Waals surface area contributed by atoms with Gasteiger partial charge in [0.1, 0.15) is 24.0 Å². The number of Topliss-reactive ketones (excluding diaryl/α,β-unsaturated/α-hetero) is 1. The Kier molecular flexibility index (Phi) is 6.14. The van der Waals surface area contributed by atoms with Gasteiger partial charge in [-0.1, -0.05) is 38.1 Å². The summed E-state index contributed by atoms with van der Waals surface area (Å²) in [6.07, 6.45) is 2.52. The van der Waals surface area contributed by atoms with Gasteiger partial charge in [-0.05, 0) is 30.0 Å². The molecule has 7 heteroatoms. The van der Waals surface area contributed by atoms with Crippen molar-refractivity contribution in [2.75, 3.05) is 13.2 Å². The lowest BCUT2D eigenvalue weighted by molar-refractivity contribution is -0.119. The van der Waals surface area contributed by atoms with Crippen LogP contribution < -0.4 is 15.2 Å². The van der Waals surface area contributed by atoms with E-state index in [4.69, 9.17) is 31.5 Å². The number of nitriles is 1. The highest BCUT2D eigenvalue weighted by Gasteiger charge is 2.43. The molecule has 1 atom stereocenters. The summed E-state index contributed by atoms with van der Waals surface area (Å²) >= 11 is 6.51. The predicted octanol–water partition coefficient (Wildman–Crippen LogP) is 4.75. The Morgan fingerprint density at radius 1 is 1.40 bits per heavy atom. The molecule has 0 fully saturated rings. The van der Waals surface area contributed by atoms with Crippen molar-refractivity contribution in [3.8, 4) is 17.6 Å². The number of carbonyl (C=O) groups excluding carboxylic acids is 1. The molecule has 1 heterocycles. The van der Waals surface area contributed by atoms with Gasteiger partial charge in [0.05, 0.1) is 17.5 Å². The zero-order valence-electron chi connectivity index (χ0n) is 17.4. The van der Waals surface area contributed by atoms with E-state index in [0.29, 0.717) is 52.9 Å². The standard InChI is InChI=1S/C23H25ClN2O4/c1-5-7-29-21-15(24)8-13(9-17(21)28-6-2)19-14(12-25)22(26)30-18-11-23(3,4)10-16(27)20(18)19/h5,8-9,19H,1,6-7,10-11,26H2,2-4H3/t19-/m0/s1. The maximum Gasteiger partial charge on any atom is 0.205 e. The zero-order valence-corrected chi connectivity index (χ0v) is 18.1. The van der Waals surface area contributed by atoms with E-state index in [1.165, 1.54) is 0 Å². The summed E-state index contributed by atoms with van der Waals surface area (Å²) < 4.78 is 17.1. The number of carbonyl (C=O) groups is 1. The first-order chi connectivity index (χ1) is 14.2. The number of ketones is 1. The van der Waals surface area contributed by atoms with Gasteiger partial charge in [0.2, 0.25) is 5.88 Å². The van der Waals surface area contributed by atoms with Gasteiger partial charge in [0.25, 0.3) is 0 Å². The minimum Gasteiger partial charge on any atom is -0.490 e. The van der Waals surface area contributed by atoms with Crippen molar-refractivity contribution >= 4 is 17.4 Å². The molecule has 0 aromatic heterocycles. The number of ether oxygens (including phenoxy) is 3. The number of halogens is 1. The highest BCUT2D eigenvalue weighted by molar-refractivity contribution is 6.32. The fraction of sp³-hybridized carbons (Fsp3) is 0.391. The molecule has 0 radical (unpaired) electrons. The minimum atomic E-state index is -0.674. The van der Waals surface area contributed by atoms with Gasteiger partial charge in [-0.3, -0.25) is 4.79 Å². The Morgan fingerprint density at radius 3 is 2.77 bits per heavy atom. The zero-order chi connectivity index (χ0) is 22.1. The Bertz CT molecular complexity index is 1000. The summed E-state index contributed by atoms with van der Waals surface area (Å²) in [6.45, 7) is 10.1. The molecule has 2 aliphatic rings. The smallest absolute Gasteiger partial charge is 0.205 e. The molecular weight excluding hydrogens is 404 g/mol. The highest BCUT2D eigenvalue weighted by Crippen LogP contribution is 2.49. The summed E-state index contributed by atoms with van der Waals surface area (Å²) in [5.74, 6) is 0.594. The summed E-state index contributed by atoms with van der Waals surface area (Å²) in [5.41, 5.74) is 7.09. The van der Waals surface area contributed by atoms with E-state index in [0.717, 1.165) is 0 Å². The largest absolute Gasteiger partial charge is 0.490 e. The fourth-order valence-electron chi connectivity index (χ4n) is 3.92. The fourth-order valence-corrected chi connectivity index (χ4v) is 4.19. The number of allylic oxidation sites excluding steroid dienone is 3. The third kappa shape index (κ3) is 4.03. The first-order valence-corrected chi connectivity index (χ1v) is 10.1. The van der Waals surface area contributed by atoms with Crippen LogP contribution in [-0.4, -0.2) is 19.0 Å². The van der Waals surface area contributed by atoms with Crippen LogP contribution in [0.25, 0.3) is 0 Å². The van der Waals surface area contributed by atoms with Crippen LogP contribution in [0.3, 0.4) is 0 Å². The quantitative estimate of drug-likeness (QED) is 0.656. The molecule has 6 nitrogen and oxygen atoms in total. The van der Waals surface area contributed by atoms with Crippen LogP contribution in [-0.2, 0) is 9.53 Å². The van der Waals surface area contributed by atoms with E-state index >= 15 is 0 Å². The number of nitrogens with zero attached hydrogens (tertiary/aromatic N) is 1. The third-order valence-electron chi connectivity index (χ3n) is 5.09. The van der Waals surface area contributed by atoms with Crippen LogP contribution in [0, 0.1) is 16.7 Å². The van der Waals surface area contributed by atoms with Gasteiger partial charge in [-0.25, -0.2) is 0 Å². The molecule has 0 saturated carbocycles. The Hall–Kier alpha value is -2.91. The Morgan fingerprint density at radius 2 is 2.13 bits per heavy atom.